The molecule has 1 fully saturated rings. The minimum atomic E-state index is 0.324. The molecule has 0 unspecified atom stereocenters. The molecule has 1 saturated carbocycles. The highest BCUT2D eigenvalue weighted by atomic mass is 127. The zero-order valence-electron chi connectivity index (χ0n) is 15.5. The quantitative estimate of drug-likeness (QED) is 0.218. The van der Waals surface area contributed by atoms with Crippen LogP contribution in [0.2, 0.25) is 5.31 Å². The van der Waals surface area contributed by atoms with E-state index < -0.39 is 0 Å². The van der Waals surface area contributed by atoms with E-state index in [1.54, 1.807) is 3.48 Å². The summed E-state index contributed by atoms with van der Waals surface area (Å²) in [4.78, 5) is 0. The Labute approximate surface area is 153 Å². The van der Waals surface area contributed by atoms with Gasteiger partial charge in [0.2, 0.25) is 6.71 Å². The number of hydrogen-bond donors (Lipinski definition) is 0. The molecule has 0 nitrogen and oxygen atoms in total. The van der Waals surface area contributed by atoms with E-state index in [2.05, 4.69) is 75.3 Å². The Bertz CT molecular complexity index is 362. The van der Waals surface area contributed by atoms with Crippen molar-refractivity contribution in [1.29, 1.82) is 0 Å². The predicted molar refractivity (Wildman–Crippen MR) is 112 cm³/mol. The van der Waals surface area contributed by atoms with Crippen molar-refractivity contribution in [3.63, 3.8) is 0 Å². The molecule has 0 amide bonds. The first-order valence-corrected chi connectivity index (χ1v) is 10.5. The third-order valence-electron chi connectivity index (χ3n) is 5.68. The Hall–Kier alpha value is 0.275. The lowest BCUT2D eigenvalue weighted by atomic mass is 9.31. The van der Waals surface area contributed by atoms with Crippen LogP contribution in [0.4, 0.5) is 0 Å². The average molecular weight is 414 g/mol. The molecule has 0 aromatic carbocycles. The molecule has 0 atom stereocenters. The number of hydrogen-bond acceptors (Lipinski definition) is 0. The summed E-state index contributed by atoms with van der Waals surface area (Å²) in [6.07, 6.45) is 16.0. The van der Waals surface area contributed by atoms with Gasteiger partial charge in [-0.15, -0.1) is 5.98 Å². The predicted octanol–water partition coefficient (Wildman–Crippen LogP) is 7.64. The molecule has 0 heterocycles. The average Bonchev–Trinajstić information content (AvgIpc) is 2.47. The van der Waals surface area contributed by atoms with E-state index in [0.717, 1.165) is 5.92 Å². The molecule has 0 aliphatic heterocycles. The fraction of sp³-hybridized carbons (Fsp3) is 0.800. The van der Waals surface area contributed by atoms with Crippen LogP contribution in [0.15, 0.2) is 21.6 Å². The van der Waals surface area contributed by atoms with Crippen LogP contribution in [0, 0.1) is 11.8 Å². The van der Waals surface area contributed by atoms with Crippen LogP contribution in [-0.2, 0) is 0 Å². The summed E-state index contributed by atoms with van der Waals surface area (Å²) >= 11 is 2.64. The minimum Gasteiger partial charge on any atom is -0.113 e. The van der Waals surface area contributed by atoms with E-state index >= 15 is 0 Å². The summed E-state index contributed by atoms with van der Waals surface area (Å²) < 4.78 is 1.58. The van der Waals surface area contributed by atoms with Crippen molar-refractivity contribution in [1.82, 2.24) is 0 Å². The number of halogens is 1. The van der Waals surface area contributed by atoms with E-state index in [0.29, 0.717) is 17.9 Å². The third-order valence-corrected chi connectivity index (χ3v) is 6.71. The summed E-state index contributed by atoms with van der Waals surface area (Å²) in [5.74, 6) is 4.03. The monoisotopic (exact) mass is 414 g/mol. The maximum absolute atomic E-state index is 2.64. The molecule has 0 aromatic rings. The van der Waals surface area contributed by atoms with E-state index in [4.69, 9.17) is 0 Å². The fourth-order valence-corrected chi connectivity index (χ4v) is 4.76. The molecule has 1 aliphatic carbocycles. The highest BCUT2D eigenvalue weighted by molar-refractivity contribution is 14.1. The zero-order chi connectivity index (χ0) is 16.6. The van der Waals surface area contributed by atoms with E-state index in [1.807, 2.05) is 0 Å². The van der Waals surface area contributed by atoms with Crippen LogP contribution < -0.4 is 0 Å². The molecule has 0 saturated heterocycles. The van der Waals surface area contributed by atoms with Crippen LogP contribution >= 0.6 is 22.6 Å². The van der Waals surface area contributed by atoms with Gasteiger partial charge in [-0.1, -0.05) is 101 Å². The summed E-state index contributed by atoms with van der Waals surface area (Å²) in [7, 11) is 0. The van der Waals surface area contributed by atoms with Gasteiger partial charge >= 0.3 is 0 Å². The Balaban J connectivity index is 2.87. The Morgan fingerprint density at radius 2 is 1.86 bits per heavy atom. The van der Waals surface area contributed by atoms with Crippen molar-refractivity contribution in [2.45, 2.75) is 91.3 Å². The Morgan fingerprint density at radius 1 is 1.23 bits per heavy atom. The van der Waals surface area contributed by atoms with Crippen molar-refractivity contribution in [2.75, 3.05) is 0 Å². The van der Waals surface area contributed by atoms with Crippen LogP contribution in [0.3, 0.4) is 0 Å². The largest absolute Gasteiger partial charge is 0.214 e. The molecule has 1 aliphatic rings. The Kier molecular flexibility index (Phi) is 9.43. The van der Waals surface area contributed by atoms with E-state index in [-0.39, 0.29) is 0 Å². The van der Waals surface area contributed by atoms with Crippen molar-refractivity contribution >= 4 is 29.3 Å². The van der Waals surface area contributed by atoms with Crippen molar-refractivity contribution in [3.8, 4) is 0 Å². The molecule has 0 bridgehead atoms. The molecule has 0 spiro atoms. The van der Waals surface area contributed by atoms with E-state index in [9.17, 15) is 0 Å². The molecular weight excluding hydrogens is 378 g/mol. The molecule has 0 N–H and O–H groups in total. The highest BCUT2D eigenvalue weighted by Gasteiger charge is 2.36. The summed E-state index contributed by atoms with van der Waals surface area (Å²) in [6, 6.07) is 0. The maximum atomic E-state index is 2.64. The fourth-order valence-electron chi connectivity index (χ4n) is 3.24. The SMILES string of the molecule is CCCC/C=C/B(/C(I)=C/C1CCCCC1)C(C)(C)C(C)C. The van der Waals surface area contributed by atoms with Gasteiger partial charge in [0.15, 0.2) is 0 Å². The second-order valence-electron chi connectivity index (χ2n) is 7.97. The molecule has 0 aromatic heterocycles. The first-order chi connectivity index (χ1) is 10.4. The number of rotatable bonds is 8. The normalized spacial score (nSPS) is 18.4. The maximum Gasteiger partial charge on any atom is 0.214 e. The van der Waals surface area contributed by atoms with Gasteiger partial charge in [0.05, 0.1) is 0 Å². The van der Waals surface area contributed by atoms with Crippen molar-refractivity contribution in [2.24, 2.45) is 11.8 Å². The van der Waals surface area contributed by atoms with E-state index in [1.165, 1.54) is 51.4 Å². The van der Waals surface area contributed by atoms with Crippen LogP contribution in [0.5, 0.6) is 0 Å². The standard InChI is InChI=1S/C20H36BI/c1-6-7-8-12-15-21(20(4,5)17(2)3)19(22)16-18-13-10-9-11-14-18/h12,15-18H,6-11,13-14H2,1-5H3/b15-12+,19-16-. The van der Waals surface area contributed by atoms with Gasteiger partial charge in [0.25, 0.3) is 0 Å². The first kappa shape index (κ1) is 20.3. The first-order valence-electron chi connectivity index (χ1n) is 9.43. The molecule has 0 radical (unpaired) electrons. The van der Waals surface area contributed by atoms with Gasteiger partial charge < -0.3 is 0 Å². The summed E-state index contributed by atoms with van der Waals surface area (Å²) in [5.41, 5.74) is 0. The lowest BCUT2D eigenvalue weighted by Gasteiger charge is -2.35. The molecule has 126 valence electrons. The van der Waals surface area contributed by atoms with Crippen LogP contribution in [0.1, 0.15) is 86.0 Å². The molecule has 22 heavy (non-hydrogen) atoms. The van der Waals surface area contributed by atoms with Gasteiger partial charge in [-0.3, -0.25) is 0 Å². The number of unbranched alkanes of at least 4 members (excludes halogenated alkanes) is 2. The minimum absolute atomic E-state index is 0.324. The molecule has 1 rings (SSSR count). The van der Waals surface area contributed by atoms with Gasteiger partial charge in [0, 0.05) is 0 Å². The Morgan fingerprint density at radius 3 is 2.41 bits per heavy atom. The van der Waals surface area contributed by atoms with Gasteiger partial charge in [0.1, 0.15) is 0 Å². The smallest absolute Gasteiger partial charge is 0.113 e. The number of allylic oxidation sites excluding steroid dienone is 2. The van der Waals surface area contributed by atoms with Gasteiger partial charge in [-0.25, -0.2) is 0 Å². The topological polar surface area (TPSA) is 0 Å². The third kappa shape index (κ3) is 6.41. The van der Waals surface area contributed by atoms with Crippen LogP contribution in [-0.4, -0.2) is 6.71 Å². The van der Waals surface area contributed by atoms with Crippen molar-refractivity contribution in [3.05, 3.63) is 21.6 Å². The van der Waals surface area contributed by atoms with Crippen LogP contribution in [0.25, 0.3) is 0 Å². The lowest BCUT2D eigenvalue weighted by Crippen LogP contribution is -2.32. The highest BCUT2D eigenvalue weighted by Crippen LogP contribution is 2.43. The zero-order valence-corrected chi connectivity index (χ0v) is 17.7. The lowest BCUT2D eigenvalue weighted by molar-refractivity contribution is 0.419. The van der Waals surface area contributed by atoms with Crippen molar-refractivity contribution < 1.29 is 0 Å². The second kappa shape index (κ2) is 10.2. The summed E-state index contributed by atoms with van der Waals surface area (Å²) in [6.45, 7) is 12.5. The molecule has 2 heteroatoms. The second-order valence-corrected chi connectivity index (χ2v) is 9.22. The van der Waals surface area contributed by atoms with Gasteiger partial charge in [-0.05, 0) is 39.9 Å². The summed E-state index contributed by atoms with van der Waals surface area (Å²) in [5, 5.41) is 0.324. The molecular formula is C20H36BI. The van der Waals surface area contributed by atoms with Gasteiger partial charge in [-0.2, -0.15) is 0 Å².